The topological polar surface area (TPSA) is 41.6 Å². The van der Waals surface area contributed by atoms with Crippen LogP contribution in [-0.2, 0) is 9.53 Å². The fourth-order valence-electron chi connectivity index (χ4n) is 4.09. The summed E-state index contributed by atoms with van der Waals surface area (Å²) in [6.07, 6.45) is 8.93. The van der Waals surface area contributed by atoms with Gasteiger partial charge >= 0.3 is 0 Å². The van der Waals surface area contributed by atoms with Crippen LogP contribution in [0.25, 0.3) is 0 Å². The number of nitrogens with one attached hydrogen (secondary N) is 1. The molecule has 2 atom stereocenters. The first-order chi connectivity index (χ1) is 9.72. The first kappa shape index (κ1) is 14.3. The lowest BCUT2D eigenvalue weighted by atomic mass is 9.94. The molecule has 0 radical (unpaired) electrons. The summed E-state index contributed by atoms with van der Waals surface area (Å²) in [7, 11) is 2.02. The van der Waals surface area contributed by atoms with Gasteiger partial charge in [0, 0.05) is 44.8 Å². The molecule has 0 spiro atoms. The van der Waals surface area contributed by atoms with Gasteiger partial charge < -0.3 is 15.0 Å². The van der Waals surface area contributed by atoms with E-state index >= 15 is 0 Å². The van der Waals surface area contributed by atoms with Gasteiger partial charge in [-0.05, 0) is 50.9 Å². The SMILES string of the molecule is CN(C(=O)CCC1CCOCC1)C1CC2CCC(C1)N2. The summed E-state index contributed by atoms with van der Waals surface area (Å²) in [6.45, 7) is 1.76. The molecule has 0 aliphatic carbocycles. The van der Waals surface area contributed by atoms with Crippen molar-refractivity contribution in [2.75, 3.05) is 20.3 Å². The van der Waals surface area contributed by atoms with Gasteiger partial charge in [0.1, 0.15) is 0 Å². The smallest absolute Gasteiger partial charge is 0.222 e. The summed E-state index contributed by atoms with van der Waals surface area (Å²) in [5.74, 6) is 1.05. The molecule has 4 heteroatoms. The van der Waals surface area contributed by atoms with E-state index < -0.39 is 0 Å². The second kappa shape index (κ2) is 6.44. The van der Waals surface area contributed by atoms with Crippen molar-refractivity contribution in [2.45, 2.75) is 69.5 Å². The summed E-state index contributed by atoms with van der Waals surface area (Å²) < 4.78 is 5.38. The number of rotatable bonds is 4. The molecule has 4 nitrogen and oxygen atoms in total. The number of amides is 1. The second-order valence-corrected chi connectivity index (χ2v) is 6.86. The van der Waals surface area contributed by atoms with Crippen molar-refractivity contribution in [1.29, 1.82) is 0 Å². The third-order valence-electron chi connectivity index (χ3n) is 5.50. The molecule has 3 aliphatic heterocycles. The van der Waals surface area contributed by atoms with Crippen LogP contribution < -0.4 is 5.32 Å². The summed E-state index contributed by atoms with van der Waals surface area (Å²) in [5.41, 5.74) is 0. The lowest BCUT2D eigenvalue weighted by Gasteiger charge is -2.36. The Bertz CT molecular complexity index is 329. The van der Waals surface area contributed by atoms with Crippen molar-refractivity contribution < 1.29 is 9.53 Å². The molecular formula is C16H28N2O2. The van der Waals surface area contributed by atoms with Crippen LogP contribution in [0.15, 0.2) is 0 Å². The molecule has 3 heterocycles. The van der Waals surface area contributed by atoms with Gasteiger partial charge in [-0.2, -0.15) is 0 Å². The Hall–Kier alpha value is -0.610. The third kappa shape index (κ3) is 3.34. The minimum absolute atomic E-state index is 0.350. The molecular weight excluding hydrogens is 252 g/mol. The number of carbonyl (C=O) groups excluding carboxylic acids is 1. The Morgan fingerprint density at radius 3 is 2.45 bits per heavy atom. The van der Waals surface area contributed by atoms with Crippen molar-refractivity contribution >= 4 is 5.91 Å². The van der Waals surface area contributed by atoms with E-state index in [0.717, 1.165) is 51.7 Å². The lowest BCUT2D eigenvalue weighted by Crippen LogP contribution is -2.48. The monoisotopic (exact) mass is 280 g/mol. The van der Waals surface area contributed by atoms with Crippen LogP contribution in [0.4, 0.5) is 0 Å². The van der Waals surface area contributed by atoms with Gasteiger partial charge in [0.05, 0.1) is 0 Å². The number of nitrogens with zero attached hydrogens (tertiary/aromatic N) is 1. The van der Waals surface area contributed by atoms with E-state index in [9.17, 15) is 4.79 Å². The van der Waals surface area contributed by atoms with Gasteiger partial charge in [0.2, 0.25) is 5.91 Å². The van der Waals surface area contributed by atoms with Crippen LogP contribution in [0.3, 0.4) is 0 Å². The largest absolute Gasteiger partial charge is 0.381 e. The summed E-state index contributed by atoms with van der Waals surface area (Å²) in [6, 6.07) is 1.78. The summed E-state index contributed by atoms with van der Waals surface area (Å²) >= 11 is 0. The summed E-state index contributed by atoms with van der Waals surface area (Å²) in [4.78, 5) is 14.4. The Labute approximate surface area is 122 Å². The number of fused-ring (bicyclic) bond motifs is 2. The quantitative estimate of drug-likeness (QED) is 0.855. The number of hydrogen-bond donors (Lipinski definition) is 1. The molecule has 3 aliphatic rings. The van der Waals surface area contributed by atoms with Gasteiger partial charge in [-0.15, -0.1) is 0 Å². The highest BCUT2D eigenvalue weighted by Crippen LogP contribution is 2.30. The van der Waals surface area contributed by atoms with Crippen molar-refractivity contribution in [1.82, 2.24) is 10.2 Å². The molecule has 3 rings (SSSR count). The predicted octanol–water partition coefficient (Wildman–Crippen LogP) is 1.93. The molecule has 3 fully saturated rings. The zero-order valence-electron chi connectivity index (χ0n) is 12.6. The van der Waals surface area contributed by atoms with Crippen LogP contribution in [0.2, 0.25) is 0 Å². The van der Waals surface area contributed by atoms with Crippen molar-refractivity contribution in [2.24, 2.45) is 5.92 Å². The predicted molar refractivity (Wildman–Crippen MR) is 78.5 cm³/mol. The number of ether oxygens (including phenoxy) is 1. The highest BCUT2D eigenvalue weighted by atomic mass is 16.5. The molecule has 20 heavy (non-hydrogen) atoms. The number of piperidine rings is 1. The van der Waals surface area contributed by atoms with E-state index in [1.165, 1.54) is 12.8 Å². The zero-order chi connectivity index (χ0) is 13.9. The van der Waals surface area contributed by atoms with E-state index in [1.807, 2.05) is 11.9 Å². The molecule has 2 bridgehead atoms. The number of hydrogen-bond acceptors (Lipinski definition) is 3. The van der Waals surface area contributed by atoms with Gasteiger partial charge in [0.15, 0.2) is 0 Å². The Balaban J connectivity index is 1.44. The molecule has 0 aromatic carbocycles. The normalized spacial score (nSPS) is 34.1. The van der Waals surface area contributed by atoms with E-state index in [1.54, 1.807) is 0 Å². The highest BCUT2D eigenvalue weighted by Gasteiger charge is 2.36. The fraction of sp³-hybridized carbons (Fsp3) is 0.938. The standard InChI is InChI=1S/C16H28N2O2/c1-18(15-10-13-3-4-14(11-15)17-13)16(19)5-2-12-6-8-20-9-7-12/h12-15,17H,2-11H2,1H3. The van der Waals surface area contributed by atoms with E-state index in [4.69, 9.17) is 4.74 Å². The highest BCUT2D eigenvalue weighted by molar-refractivity contribution is 5.76. The van der Waals surface area contributed by atoms with Gasteiger partial charge in [-0.3, -0.25) is 4.79 Å². The van der Waals surface area contributed by atoms with Crippen LogP contribution in [0.5, 0.6) is 0 Å². The molecule has 0 aromatic rings. The Morgan fingerprint density at radius 2 is 1.80 bits per heavy atom. The maximum Gasteiger partial charge on any atom is 0.222 e. The summed E-state index contributed by atoms with van der Waals surface area (Å²) in [5, 5.41) is 3.65. The molecule has 1 N–H and O–H groups in total. The molecule has 2 unspecified atom stereocenters. The fourth-order valence-corrected chi connectivity index (χ4v) is 4.09. The first-order valence-corrected chi connectivity index (χ1v) is 8.32. The average molecular weight is 280 g/mol. The average Bonchev–Trinajstić information content (AvgIpc) is 2.83. The lowest BCUT2D eigenvalue weighted by molar-refractivity contribution is -0.133. The minimum Gasteiger partial charge on any atom is -0.381 e. The van der Waals surface area contributed by atoms with E-state index in [2.05, 4.69) is 5.32 Å². The zero-order valence-corrected chi connectivity index (χ0v) is 12.6. The Morgan fingerprint density at radius 1 is 1.15 bits per heavy atom. The van der Waals surface area contributed by atoms with Crippen LogP contribution >= 0.6 is 0 Å². The minimum atomic E-state index is 0.350. The molecule has 0 saturated carbocycles. The third-order valence-corrected chi connectivity index (χ3v) is 5.50. The van der Waals surface area contributed by atoms with E-state index in [0.29, 0.717) is 30.0 Å². The molecule has 114 valence electrons. The van der Waals surface area contributed by atoms with Gasteiger partial charge in [-0.1, -0.05) is 0 Å². The van der Waals surface area contributed by atoms with Gasteiger partial charge in [-0.25, -0.2) is 0 Å². The molecule has 0 aromatic heterocycles. The Kier molecular flexibility index (Phi) is 4.61. The van der Waals surface area contributed by atoms with Crippen LogP contribution in [-0.4, -0.2) is 49.2 Å². The molecule has 1 amide bonds. The second-order valence-electron chi connectivity index (χ2n) is 6.86. The maximum absolute atomic E-state index is 12.4. The first-order valence-electron chi connectivity index (χ1n) is 8.32. The maximum atomic E-state index is 12.4. The van der Waals surface area contributed by atoms with E-state index in [-0.39, 0.29) is 0 Å². The van der Waals surface area contributed by atoms with Crippen molar-refractivity contribution in [3.63, 3.8) is 0 Å². The van der Waals surface area contributed by atoms with Crippen LogP contribution in [0, 0.1) is 5.92 Å². The van der Waals surface area contributed by atoms with Crippen molar-refractivity contribution in [3.8, 4) is 0 Å². The van der Waals surface area contributed by atoms with Crippen molar-refractivity contribution in [3.05, 3.63) is 0 Å². The number of carbonyl (C=O) groups is 1. The van der Waals surface area contributed by atoms with Crippen LogP contribution in [0.1, 0.15) is 51.4 Å². The molecule has 3 saturated heterocycles. The van der Waals surface area contributed by atoms with Gasteiger partial charge in [0.25, 0.3) is 0 Å².